The van der Waals surface area contributed by atoms with Gasteiger partial charge in [0, 0.05) is 24.2 Å². The van der Waals surface area contributed by atoms with E-state index in [-0.39, 0.29) is 24.6 Å². The van der Waals surface area contributed by atoms with Gasteiger partial charge in [-0.2, -0.15) is 14.8 Å². The number of sulfonamides is 1. The summed E-state index contributed by atoms with van der Waals surface area (Å²) in [6.45, 7) is 0.634. The van der Waals surface area contributed by atoms with Gasteiger partial charge in [0.2, 0.25) is 10.0 Å². The van der Waals surface area contributed by atoms with Crippen LogP contribution in [0.4, 0.5) is 0 Å². The van der Waals surface area contributed by atoms with Crippen LogP contribution < -0.4 is 0 Å². The Morgan fingerprint density at radius 2 is 1.32 bits per heavy atom. The Morgan fingerprint density at radius 1 is 0.882 bits per heavy atom. The van der Waals surface area contributed by atoms with Gasteiger partial charge in [0.15, 0.2) is 5.78 Å². The normalized spacial score (nSPS) is 17.1. The van der Waals surface area contributed by atoms with E-state index in [1.165, 1.54) is 4.31 Å². The van der Waals surface area contributed by atoms with Crippen LogP contribution in [-0.2, 0) is 14.8 Å². The maximum absolute atomic E-state index is 13.3. The summed E-state index contributed by atoms with van der Waals surface area (Å²) in [6.07, 6.45) is 3.85. The second-order valence-electron chi connectivity index (χ2n) is 8.38. The Balaban J connectivity index is 1.96. The molecule has 174 valence electrons. The molecule has 1 fully saturated rings. The highest BCUT2D eigenvalue weighted by atomic mass is 32.2. The van der Waals surface area contributed by atoms with Crippen molar-refractivity contribution in [1.29, 1.82) is 10.5 Å². The summed E-state index contributed by atoms with van der Waals surface area (Å²) in [7, 11) is 0.196. The van der Waals surface area contributed by atoms with E-state index in [2.05, 4.69) is 12.1 Å². The van der Waals surface area contributed by atoms with Crippen LogP contribution in [0.3, 0.4) is 0 Å². The number of rotatable bonds is 7. The molecule has 2 aromatic rings. The maximum Gasteiger partial charge on any atom is 0.214 e. The van der Waals surface area contributed by atoms with Crippen molar-refractivity contribution in [2.45, 2.75) is 6.42 Å². The fourth-order valence-electron chi connectivity index (χ4n) is 3.61. The quantitative estimate of drug-likeness (QED) is 0.571. The molecule has 0 amide bonds. The molecule has 0 N–H and O–H groups in total. The van der Waals surface area contributed by atoms with Crippen LogP contribution in [0.15, 0.2) is 59.7 Å². The van der Waals surface area contributed by atoms with Gasteiger partial charge in [-0.15, -0.1) is 0 Å². The van der Waals surface area contributed by atoms with Crippen molar-refractivity contribution in [2.24, 2.45) is 0 Å². The molecule has 34 heavy (non-hydrogen) atoms. The van der Waals surface area contributed by atoms with E-state index in [9.17, 15) is 13.2 Å². The van der Waals surface area contributed by atoms with Gasteiger partial charge < -0.3 is 4.90 Å². The van der Waals surface area contributed by atoms with Gasteiger partial charge in [0.25, 0.3) is 0 Å². The molecule has 0 radical (unpaired) electrons. The Kier molecular flexibility index (Phi) is 8.14. The third kappa shape index (κ3) is 6.49. The molecule has 0 bridgehead atoms. The van der Waals surface area contributed by atoms with E-state index < -0.39 is 10.0 Å². The van der Waals surface area contributed by atoms with E-state index >= 15 is 0 Å². The van der Waals surface area contributed by atoms with Crippen LogP contribution in [-0.4, -0.2) is 62.9 Å². The number of piperidine rings is 1. The second kappa shape index (κ2) is 11.0. The van der Waals surface area contributed by atoms with Crippen molar-refractivity contribution in [3.05, 3.63) is 81.9 Å². The lowest BCUT2D eigenvalue weighted by Crippen LogP contribution is -2.42. The molecule has 0 saturated carbocycles. The molecule has 1 aliphatic rings. The number of carbonyl (C=O) groups is 1. The lowest BCUT2D eigenvalue weighted by Gasteiger charge is -2.29. The van der Waals surface area contributed by atoms with Crippen LogP contribution in [0.5, 0.6) is 0 Å². The second-order valence-corrected chi connectivity index (χ2v) is 10.5. The summed E-state index contributed by atoms with van der Waals surface area (Å²) in [4.78, 5) is 15.2. The molecule has 1 aliphatic heterocycles. The average molecular weight is 475 g/mol. The monoisotopic (exact) mass is 474 g/mol. The fourth-order valence-corrected chi connectivity index (χ4v) is 5.03. The van der Waals surface area contributed by atoms with Crippen molar-refractivity contribution < 1.29 is 13.2 Å². The van der Waals surface area contributed by atoms with E-state index in [0.717, 1.165) is 0 Å². The number of Topliss-reactive ketones (excluding diaryl/α,β-unsaturated/α-hetero) is 1. The van der Waals surface area contributed by atoms with Crippen molar-refractivity contribution >= 4 is 28.0 Å². The molecule has 7 nitrogen and oxygen atoms in total. The number of nitrogens with zero attached hydrogens (tertiary/aromatic N) is 4. The average Bonchev–Trinajstić information content (AvgIpc) is 2.82. The van der Waals surface area contributed by atoms with Crippen molar-refractivity contribution in [3.63, 3.8) is 0 Å². The summed E-state index contributed by atoms with van der Waals surface area (Å²) in [6, 6.07) is 17.7. The molecular weight excluding hydrogens is 448 g/mol. The molecule has 1 saturated heterocycles. The maximum atomic E-state index is 13.3. The molecular formula is C26H26N4O3S. The van der Waals surface area contributed by atoms with Gasteiger partial charge >= 0.3 is 0 Å². The van der Waals surface area contributed by atoms with Crippen LogP contribution in [0.2, 0.25) is 0 Å². The summed E-state index contributed by atoms with van der Waals surface area (Å²) in [5.41, 5.74) is 3.17. The zero-order chi connectivity index (χ0) is 24.7. The molecule has 3 rings (SSSR count). The first-order valence-electron chi connectivity index (χ1n) is 10.8. The number of benzene rings is 2. The topological polar surface area (TPSA) is 105 Å². The number of hydrogen-bond acceptors (Lipinski definition) is 6. The van der Waals surface area contributed by atoms with Gasteiger partial charge in [-0.05, 0) is 74.6 Å². The Bertz CT molecular complexity index is 1210. The highest BCUT2D eigenvalue weighted by Crippen LogP contribution is 2.25. The van der Waals surface area contributed by atoms with Gasteiger partial charge in [-0.25, -0.2) is 8.42 Å². The van der Waals surface area contributed by atoms with Crippen LogP contribution in [0.1, 0.15) is 28.7 Å². The molecule has 8 heteroatoms. The third-order valence-corrected chi connectivity index (χ3v) is 7.29. The minimum absolute atomic E-state index is 0.00611. The molecule has 2 aromatic carbocycles. The molecule has 0 atom stereocenters. The largest absolute Gasteiger partial charge is 0.309 e. The number of carbonyl (C=O) groups excluding carboxylic acids is 1. The zero-order valence-electron chi connectivity index (χ0n) is 19.2. The minimum Gasteiger partial charge on any atom is -0.309 e. The van der Waals surface area contributed by atoms with E-state index in [4.69, 9.17) is 10.5 Å². The number of ketones is 1. The Hall–Kier alpha value is -3.56. The fraction of sp³-hybridized carbons (Fsp3) is 0.269. The predicted molar refractivity (Wildman–Crippen MR) is 132 cm³/mol. The Morgan fingerprint density at radius 3 is 1.71 bits per heavy atom. The van der Waals surface area contributed by atoms with E-state index in [1.807, 2.05) is 19.0 Å². The lowest BCUT2D eigenvalue weighted by atomic mass is 9.95. The summed E-state index contributed by atoms with van der Waals surface area (Å²) in [5, 5.41) is 18.0. The first-order chi connectivity index (χ1) is 16.2. The van der Waals surface area contributed by atoms with Crippen LogP contribution in [0, 0.1) is 22.7 Å². The van der Waals surface area contributed by atoms with Crippen molar-refractivity contribution in [1.82, 2.24) is 9.21 Å². The highest BCUT2D eigenvalue weighted by Gasteiger charge is 2.33. The smallest absolute Gasteiger partial charge is 0.214 e. The number of hydrogen-bond donors (Lipinski definition) is 0. The zero-order valence-corrected chi connectivity index (χ0v) is 20.0. The first kappa shape index (κ1) is 25.1. The minimum atomic E-state index is -3.59. The lowest BCUT2D eigenvalue weighted by molar-refractivity contribution is -0.113. The first-order valence-corrected chi connectivity index (χ1v) is 12.4. The van der Waals surface area contributed by atoms with Crippen LogP contribution in [0.25, 0.3) is 12.2 Å². The van der Waals surface area contributed by atoms with Crippen molar-refractivity contribution in [3.8, 4) is 12.1 Å². The number of nitriles is 2. The van der Waals surface area contributed by atoms with Gasteiger partial charge in [0.1, 0.15) is 0 Å². The Labute approximate surface area is 200 Å². The van der Waals surface area contributed by atoms with Gasteiger partial charge in [-0.3, -0.25) is 4.79 Å². The van der Waals surface area contributed by atoms with Gasteiger partial charge in [-0.1, -0.05) is 24.3 Å². The summed E-state index contributed by atoms with van der Waals surface area (Å²) >= 11 is 0. The molecule has 0 unspecified atom stereocenters. The van der Waals surface area contributed by atoms with E-state index in [1.54, 1.807) is 60.7 Å². The predicted octanol–water partition coefficient (Wildman–Crippen LogP) is 3.06. The van der Waals surface area contributed by atoms with Crippen LogP contribution >= 0.6 is 0 Å². The third-order valence-electron chi connectivity index (χ3n) is 5.44. The molecule has 0 aliphatic carbocycles. The standard InChI is InChI=1S/C26H26N4O3S/c1-29(2)12-3-13-34(32,33)30-18-24(14-20-4-8-22(16-27)9-5-20)26(31)25(19-30)15-21-6-10-23(17-28)11-7-21/h4-11,14-15H,3,12-13,18-19H2,1-2H3/b24-14+,25-15+. The molecule has 1 heterocycles. The van der Waals surface area contributed by atoms with Crippen molar-refractivity contribution in [2.75, 3.05) is 39.5 Å². The summed E-state index contributed by atoms with van der Waals surface area (Å²) < 4.78 is 27.6. The van der Waals surface area contributed by atoms with Gasteiger partial charge in [0.05, 0.1) is 29.0 Å². The SMILES string of the molecule is CN(C)CCCS(=O)(=O)N1C/C(=C\c2ccc(C#N)cc2)C(=O)/C(=C/c2ccc(C#N)cc2)C1. The highest BCUT2D eigenvalue weighted by molar-refractivity contribution is 7.89. The molecule has 0 spiro atoms. The summed E-state index contributed by atoms with van der Waals surface area (Å²) in [5.74, 6) is -0.221. The molecule has 0 aromatic heterocycles. The van der Waals surface area contributed by atoms with E-state index in [0.29, 0.717) is 46.4 Å².